The Hall–Kier alpha value is -2.81. The largest absolute Gasteiger partial charge is 0.481 e. The van der Waals surface area contributed by atoms with E-state index >= 15 is 0 Å². The number of nitro groups is 1. The minimum Gasteiger partial charge on any atom is -0.481 e. The first-order valence-electron chi connectivity index (χ1n) is 5.72. The number of hydrogen-bond donors (Lipinski definition) is 3. The summed E-state index contributed by atoms with van der Waals surface area (Å²) in [6.45, 7) is 0. The van der Waals surface area contributed by atoms with Crippen LogP contribution in [0.2, 0.25) is 0 Å². The highest BCUT2D eigenvalue weighted by molar-refractivity contribution is 6.16. The van der Waals surface area contributed by atoms with E-state index in [0.717, 1.165) is 24.3 Å². The fraction of sp³-hybridized carbons (Fsp3) is 0.250. The average Bonchev–Trinajstić information content (AvgIpc) is 2.43. The first-order chi connectivity index (χ1) is 9.68. The third-order valence-corrected chi connectivity index (χ3v) is 2.86. The van der Waals surface area contributed by atoms with Crippen LogP contribution in [-0.2, 0) is 9.59 Å². The van der Waals surface area contributed by atoms with Crippen molar-refractivity contribution in [1.82, 2.24) is 0 Å². The molecule has 0 fully saturated rings. The second kappa shape index (κ2) is 6.09. The fourth-order valence-corrected chi connectivity index (χ4v) is 1.61. The van der Waals surface area contributed by atoms with E-state index in [0.29, 0.717) is 0 Å². The Bertz CT molecular complexity index is 596. The number of non-ortho nitro benzene ring substituents is 1. The molecule has 9 nitrogen and oxygen atoms in total. The van der Waals surface area contributed by atoms with Gasteiger partial charge in [0.2, 0.25) is 0 Å². The van der Waals surface area contributed by atoms with Crippen molar-refractivity contribution in [3.05, 3.63) is 39.9 Å². The molecular formula is C12H12N2O7. The molecule has 21 heavy (non-hydrogen) atoms. The molecule has 0 aliphatic heterocycles. The minimum atomic E-state index is -2.39. The summed E-state index contributed by atoms with van der Waals surface area (Å²) in [5.74, 6) is -3.96. The third-order valence-electron chi connectivity index (χ3n) is 2.86. The van der Waals surface area contributed by atoms with E-state index in [1.807, 2.05) is 0 Å². The van der Waals surface area contributed by atoms with Crippen molar-refractivity contribution in [2.45, 2.75) is 18.4 Å². The van der Waals surface area contributed by atoms with Gasteiger partial charge in [-0.15, -0.1) is 0 Å². The highest BCUT2D eigenvalue weighted by atomic mass is 16.6. The SMILES string of the molecule is NC(CCC(=O)O)(C(=O)O)C(=O)c1ccc([N+](=O)[O-])cc1. The predicted molar refractivity (Wildman–Crippen MR) is 68.9 cm³/mol. The lowest BCUT2D eigenvalue weighted by Gasteiger charge is -2.22. The van der Waals surface area contributed by atoms with Gasteiger partial charge in [-0.25, -0.2) is 4.79 Å². The Balaban J connectivity index is 3.08. The number of Topliss-reactive ketones (excluding diaryl/α,β-unsaturated/α-hetero) is 1. The summed E-state index contributed by atoms with van der Waals surface area (Å²) >= 11 is 0. The molecule has 0 saturated heterocycles. The maximum Gasteiger partial charge on any atom is 0.331 e. The van der Waals surface area contributed by atoms with Gasteiger partial charge in [0, 0.05) is 24.1 Å². The molecular weight excluding hydrogens is 284 g/mol. The number of carboxylic acids is 2. The van der Waals surface area contributed by atoms with Gasteiger partial charge in [0.25, 0.3) is 5.69 Å². The zero-order valence-electron chi connectivity index (χ0n) is 10.7. The van der Waals surface area contributed by atoms with Crippen molar-refractivity contribution in [2.24, 2.45) is 5.73 Å². The number of nitro benzene ring substituents is 1. The number of aliphatic carboxylic acids is 2. The number of ketones is 1. The zero-order valence-corrected chi connectivity index (χ0v) is 10.7. The van der Waals surface area contributed by atoms with Gasteiger partial charge in [-0.2, -0.15) is 0 Å². The molecule has 112 valence electrons. The molecule has 1 atom stereocenters. The van der Waals surface area contributed by atoms with Crippen LogP contribution in [0.5, 0.6) is 0 Å². The Morgan fingerprint density at radius 3 is 2.10 bits per heavy atom. The van der Waals surface area contributed by atoms with E-state index in [9.17, 15) is 24.5 Å². The maximum atomic E-state index is 12.1. The molecule has 1 rings (SSSR count). The van der Waals surface area contributed by atoms with Crippen LogP contribution in [0.1, 0.15) is 23.2 Å². The van der Waals surface area contributed by atoms with Crippen LogP contribution in [0, 0.1) is 10.1 Å². The summed E-state index contributed by atoms with van der Waals surface area (Å²) in [4.78, 5) is 43.6. The topological polar surface area (TPSA) is 161 Å². The van der Waals surface area contributed by atoms with E-state index < -0.39 is 41.0 Å². The van der Waals surface area contributed by atoms with Gasteiger partial charge in [-0.3, -0.25) is 19.7 Å². The Morgan fingerprint density at radius 2 is 1.71 bits per heavy atom. The van der Waals surface area contributed by atoms with Crippen molar-refractivity contribution in [3.63, 3.8) is 0 Å². The summed E-state index contributed by atoms with van der Waals surface area (Å²) in [5, 5.41) is 28.1. The summed E-state index contributed by atoms with van der Waals surface area (Å²) in [6.07, 6.45) is -1.19. The van der Waals surface area contributed by atoms with Gasteiger partial charge in [0.1, 0.15) is 0 Å². The number of carbonyl (C=O) groups is 3. The Kier molecular flexibility index (Phi) is 4.71. The van der Waals surface area contributed by atoms with Crippen molar-refractivity contribution in [1.29, 1.82) is 0 Å². The van der Waals surface area contributed by atoms with Gasteiger partial charge < -0.3 is 15.9 Å². The van der Waals surface area contributed by atoms with E-state index in [-0.39, 0.29) is 11.3 Å². The molecule has 0 radical (unpaired) electrons. The van der Waals surface area contributed by atoms with Crippen molar-refractivity contribution in [3.8, 4) is 0 Å². The first kappa shape index (κ1) is 16.2. The van der Waals surface area contributed by atoms with E-state index in [2.05, 4.69) is 0 Å². The van der Waals surface area contributed by atoms with Crippen LogP contribution in [-0.4, -0.2) is 38.4 Å². The second-order valence-electron chi connectivity index (χ2n) is 4.30. The van der Waals surface area contributed by atoms with Crippen LogP contribution in [0.15, 0.2) is 24.3 Å². The number of carbonyl (C=O) groups excluding carboxylic acids is 1. The molecule has 0 bridgehead atoms. The van der Waals surface area contributed by atoms with Crippen LogP contribution in [0.25, 0.3) is 0 Å². The summed E-state index contributed by atoms with van der Waals surface area (Å²) in [7, 11) is 0. The standard InChI is InChI=1S/C12H12N2O7/c13-12(11(18)19,6-5-9(15)16)10(17)7-1-3-8(4-2-7)14(20)21/h1-4H,5-6,13H2,(H,15,16)(H,18,19). The monoisotopic (exact) mass is 296 g/mol. The predicted octanol–water partition coefficient (Wildman–Crippen LogP) is 0.424. The van der Waals surface area contributed by atoms with Crippen molar-refractivity contribution in [2.75, 3.05) is 0 Å². The molecule has 1 unspecified atom stereocenters. The number of benzene rings is 1. The summed E-state index contributed by atoms with van der Waals surface area (Å²) in [5.41, 5.74) is 2.71. The lowest BCUT2D eigenvalue weighted by atomic mass is 9.86. The molecule has 0 spiro atoms. The molecule has 0 aliphatic carbocycles. The third kappa shape index (κ3) is 3.60. The molecule has 4 N–H and O–H groups in total. The number of hydrogen-bond acceptors (Lipinski definition) is 6. The number of carboxylic acid groups (broad SMARTS) is 2. The summed E-state index contributed by atoms with van der Waals surface area (Å²) < 4.78 is 0. The molecule has 0 heterocycles. The Morgan fingerprint density at radius 1 is 1.19 bits per heavy atom. The van der Waals surface area contributed by atoms with Crippen LogP contribution in [0.3, 0.4) is 0 Å². The number of nitrogens with zero attached hydrogens (tertiary/aromatic N) is 1. The van der Waals surface area contributed by atoms with Gasteiger partial charge >= 0.3 is 11.9 Å². The fourth-order valence-electron chi connectivity index (χ4n) is 1.61. The van der Waals surface area contributed by atoms with Gasteiger partial charge in [0.15, 0.2) is 11.3 Å². The quantitative estimate of drug-likeness (QED) is 0.282. The van der Waals surface area contributed by atoms with Crippen molar-refractivity contribution < 1.29 is 29.5 Å². The summed E-state index contributed by atoms with van der Waals surface area (Å²) in [6, 6.07) is 4.22. The van der Waals surface area contributed by atoms with Crippen LogP contribution >= 0.6 is 0 Å². The highest BCUT2D eigenvalue weighted by Gasteiger charge is 2.42. The first-order valence-corrected chi connectivity index (χ1v) is 5.72. The van der Waals surface area contributed by atoms with Crippen LogP contribution in [0.4, 0.5) is 5.69 Å². The highest BCUT2D eigenvalue weighted by Crippen LogP contribution is 2.20. The van der Waals surface area contributed by atoms with E-state index in [1.54, 1.807) is 0 Å². The smallest absolute Gasteiger partial charge is 0.331 e. The lowest BCUT2D eigenvalue weighted by molar-refractivity contribution is -0.384. The van der Waals surface area contributed by atoms with Crippen LogP contribution < -0.4 is 5.73 Å². The number of rotatable bonds is 7. The normalized spacial score (nSPS) is 13.2. The Labute approximate surface area is 118 Å². The maximum absolute atomic E-state index is 12.1. The average molecular weight is 296 g/mol. The van der Waals surface area contributed by atoms with Gasteiger partial charge in [-0.05, 0) is 18.6 Å². The minimum absolute atomic E-state index is 0.143. The molecule has 0 aliphatic rings. The molecule has 0 amide bonds. The molecule has 1 aromatic carbocycles. The molecule has 0 saturated carbocycles. The van der Waals surface area contributed by atoms with E-state index in [4.69, 9.17) is 15.9 Å². The van der Waals surface area contributed by atoms with Gasteiger partial charge in [0.05, 0.1) is 4.92 Å². The number of nitrogens with two attached hydrogens (primary N) is 1. The van der Waals surface area contributed by atoms with Crippen molar-refractivity contribution >= 4 is 23.4 Å². The molecule has 9 heteroatoms. The van der Waals surface area contributed by atoms with E-state index in [1.165, 1.54) is 0 Å². The lowest BCUT2D eigenvalue weighted by Crippen LogP contribution is -2.55. The van der Waals surface area contributed by atoms with Gasteiger partial charge in [-0.1, -0.05) is 0 Å². The zero-order chi connectivity index (χ0) is 16.2. The molecule has 1 aromatic rings. The molecule has 0 aromatic heterocycles. The second-order valence-corrected chi connectivity index (χ2v) is 4.30.